The Labute approximate surface area is 87.7 Å². The lowest BCUT2D eigenvalue weighted by molar-refractivity contribution is -0.384. The van der Waals surface area contributed by atoms with Crippen molar-refractivity contribution in [2.45, 2.75) is 13.8 Å². The third-order valence-electron chi connectivity index (χ3n) is 1.83. The van der Waals surface area contributed by atoms with Gasteiger partial charge in [0.1, 0.15) is 0 Å². The van der Waals surface area contributed by atoms with Crippen LogP contribution in [0.15, 0.2) is 12.3 Å². The first-order chi connectivity index (χ1) is 7.16. The molecule has 0 aliphatic heterocycles. The number of aromatic nitrogens is 1. The fourth-order valence-corrected chi connectivity index (χ4v) is 1.13. The van der Waals surface area contributed by atoms with Crippen molar-refractivity contribution in [1.29, 1.82) is 0 Å². The Balaban J connectivity index is 2.99. The number of hydrogen-bond donors (Lipinski definition) is 1. The van der Waals surface area contributed by atoms with Crippen LogP contribution in [0.5, 0.6) is 0 Å². The highest BCUT2D eigenvalue weighted by Gasteiger charge is 2.17. The van der Waals surface area contributed by atoms with Gasteiger partial charge in [-0.2, -0.15) is 0 Å². The zero-order valence-electron chi connectivity index (χ0n) is 8.57. The number of nitrogens with one attached hydrogen (secondary N) is 1. The van der Waals surface area contributed by atoms with Crippen LogP contribution in [0.3, 0.4) is 0 Å². The smallest absolute Gasteiger partial charge is 0.314 e. The van der Waals surface area contributed by atoms with E-state index in [9.17, 15) is 10.1 Å². The monoisotopic (exact) mass is 205 g/mol. The maximum atomic E-state index is 10.8. The van der Waals surface area contributed by atoms with Crippen LogP contribution < -0.4 is 5.32 Å². The molecule has 0 aliphatic carbocycles. The molecule has 0 aromatic carbocycles. The molecule has 0 unspecified atom stereocenters. The number of rotatable bonds is 3. The first-order valence-electron chi connectivity index (χ1n) is 4.40. The SMILES string of the molecule is CC#CCNc1nccc(C)c1[N+](=O)[O-]. The fourth-order valence-electron chi connectivity index (χ4n) is 1.13. The quantitative estimate of drug-likeness (QED) is 0.463. The number of nitro groups is 1. The van der Waals surface area contributed by atoms with E-state index in [-0.39, 0.29) is 11.5 Å². The summed E-state index contributed by atoms with van der Waals surface area (Å²) in [5.41, 5.74) is 0.595. The zero-order chi connectivity index (χ0) is 11.3. The van der Waals surface area contributed by atoms with E-state index in [0.29, 0.717) is 12.1 Å². The Bertz CT molecular complexity index is 432. The molecule has 1 heterocycles. The highest BCUT2D eigenvalue weighted by atomic mass is 16.6. The molecule has 0 bridgehead atoms. The summed E-state index contributed by atoms with van der Waals surface area (Å²) in [7, 11) is 0. The molecule has 5 heteroatoms. The largest absolute Gasteiger partial charge is 0.353 e. The minimum Gasteiger partial charge on any atom is -0.353 e. The predicted octanol–water partition coefficient (Wildman–Crippen LogP) is 1.73. The average molecular weight is 205 g/mol. The third-order valence-corrected chi connectivity index (χ3v) is 1.83. The van der Waals surface area contributed by atoms with Gasteiger partial charge < -0.3 is 5.32 Å². The van der Waals surface area contributed by atoms with Gasteiger partial charge in [0.2, 0.25) is 5.82 Å². The standard InChI is InChI=1S/C10H11N3O2/c1-3-4-6-11-10-9(13(14)15)8(2)5-7-12-10/h5,7H,6H2,1-2H3,(H,11,12). The molecule has 0 radical (unpaired) electrons. The van der Waals surface area contributed by atoms with Crippen LogP contribution in [0.1, 0.15) is 12.5 Å². The molecule has 1 aromatic rings. The molecule has 1 rings (SSSR count). The van der Waals surface area contributed by atoms with Gasteiger partial charge >= 0.3 is 5.69 Å². The number of nitrogens with zero attached hydrogens (tertiary/aromatic N) is 2. The minimum atomic E-state index is -0.440. The second kappa shape index (κ2) is 4.96. The lowest BCUT2D eigenvalue weighted by Crippen LogP contribution is -2.05. The van der Waals surface area contributed by atoms with Gasteiger partial charge in [0.25, 0.3) is 0 Å². The van der Waals surface area contributed by atoms with E-state index in [1.165, 1.54) is 6.20 Å². The molecule has 15 heavy (non-hydrogen) atoms. The summed E-state index contributed by atoms with van der Waals surface area (Å²) >= 11 is 0. The normalized spacial score (nSPS) is 8.93. The van der Waals surface area contributed by atoms with Gasteiger partial charge in [-0.15, -0.1) is 5.92 Å². The molecule has 0 amide bonds. The molecular formula is C10H11N3O2. The van der Waals surface area contributed by atoms with Crippen LogP contribution in [0, 0.1) is 28.9 Å². The molecule has 5 nitrogen and oxygen atoms in total. The molecule has 1 N–H and O–H groups in total. The minimum absolute atomic E-state index is 0.00963. The lowest BCUT2D eigenvalue weighted by Gasteiger charge is -2.03. The van der Waals surface area contributed by atoms with Crippen molar-refractivity contribution in [1.82, 2.24) is 4.98 Å². The molecule has 0 saturated heterocycles. The Morgan fingerprint density at radius 1 is 1.67 bits per heavy atom. The van der Waals surface area contributed by atoms with Crippen molar-refractivity contribution >= 4 is 11.5 Å². The third kappa shape index (κ3) is 2.68. The molecule has 0 aliphatic rings. The van der Waals surface area contributed by atoms with Crippen molar-refractivity contribution in [3.63, 3.8) is 0 Å². The highest BCUT2D eigenvalue weighted by Crippen LogP contribution is 2.24. The molecular weight excluding hydrogens is 194 g/mol. The molecule has 0 saturated carbocycles. The van der Waals surface area contributed by atoms with Crippen LogP contribution in [0.25, 0.3) is 0 Å². The van der Waals surface area contributed by atoms with Crippen LogP contribution >= 0.6 is 0 Å². The first-order valence-corrected chi connectivity index (χ1v) is 4.40. The van der Waals surface area contributed by atoms with E-state index in [0.717, 1.165) is 0 Å². The average Bonchev–Trinajstić information content (AvgIpc) is 2.17. The topological polar surface area (TPSA) is 68.1 Å². The van der Waals surface area contributed by atoms with Crippen LogP contribution in [0.2, 0.25) is 0 Å². The van der Waals surface area contributed by atoms with Crippen molar-refractivity contribution < 1.29 is 4.92 Å². The van der Waals surface area contributed by atoms with E-state index in [1.807, 2.05) is 0 Å². The number of pyridine rings is 1. The second-order valence-electron chi connectivity index (χ2n) is 2.86. The fraction of sp³-hybridized carbons (Fsp3) is 0.300. The molecule has 1 aromatic heterocycles. The van der Waals surface area contributed by atoms with Crippen LogP contribution in [-0.2, 0) is 0 Å². The Morgan fingerprint density at radius 2 is 2.40 bits per heavy atom. The van der Waals surface area contributed by atoms with Gasteiger partial charge in [-0.1, -0.05) is 5.92 Å². The van der Waals surface area contributed by atoms with Gasteiger partial charge in [-0.25, -0.2) is 4.98 Å². The highest BCUT2D eigenvalue weighted by molar-refractivity contribution is 5.60. The Morgan fingerprint density at radius 3 is 3.00 bits per heavy atom. The van der Waals surface area contributed by atoms with Crippen molar-refractivity contribution in [2.24, 2.45) is 0 Å². The van der Waals surface area contributed by atoms with Gasteiger partial charge in [0.15, 0.2) is 0 Å². The van der Waals surface area contributed by atoms with E-state index in [4.69, 9.17) is 0 Å². The summed E-state index contributed by atoms with van der Waals surface area (Å²) in [6.07, 6.45) is 1.53. The van der Waals surface area contributed by atoms with Crippen molar-refractivity contribution in [3.05, 3.63) is 27.9 Å². The van der Waals surface area contributed by atoms with E-state index in [2.05, 4.69) is 22.1 Å². The van der Waals surface area contributed by atoms with Gasteiger partial charge in [-0.05, 0) is 19.9 Å². The predicted molar refractivity (Wildman–Crippen MR) is 57.6 cm³/mol. The Hall–Kier alpha value is -2.09. The molecule has 0 atom stereocenters. The van der Waals surface area contributed by atoms with E-state index in [1.54, 1.807) is 19.9 Å². The number of aryl methyl sites for hydroxylation is 1. The summed E-state index contributed by atoms with van der Waals surface area (Å²) in [6, 6.07) is 1.61. The maximum absolute atomic E-state index is 10.8. The maximum Gasteiger partial charge on any atom is 0.314 e. The summed E-state index contributed by atoms with van der Waals surface area (Å²) < 4.78 is 0. The zero-order valence-corrected chi connectivity index (χ0v) is 8.57. The summed E-state index contributed by atoms with van der Waals surface area (Å²) in [5, 5.41) is 13.6. The van der Waals surface area contributed by atoms with Gasteiger partial charge in [-0.3, -0.25) is 10.1 Å². The summed E-state index contributed by atoms with van der Waals surface area (Å²) in [4.78, 5) is 14.2. The summed E-state index contributed by atoms with van der Waals surface area (Å²) in [6.45, 7) is 3.74. The van der Waals surface area contributed by atoms with Crippen LogP contribution in [0.4, 0.5) is 11.5 Å². The van der Waals surface area contributed by atoms with Crippen LogP contribution in [-0.4, -0.2) is 16.5 Å². The van der Waals surface area contributed by atoms with E-state index >= 15 is 0 Å². The van der Waals surface area contributed by atoms with E-state index < -0.39 is 4.92 Å². The van der Waals surface area contributed by atoms with Crippen molar-refractivity contribution in [3.8, 4) is 11.8 Å². The molecule has 0 spiro atoms. The van der Waals surface area contributed by atoms with Crippen molar-refractivity contribution in [2.75, 3.05) is 11.9 Å². The second-order valence-corrected chi connectivity index (χ2v) is 2.86. The Kier molecular flexibility index (Phi) is 3.63. The van der Waals surface area contributed by atoms with Gasteiger partial charge in [0, 0.05) is 11.8 Å². The summed E-state index contributed by atoms with van der Waals surface area (Å²) in [5.74, 6) is 5.72. The molecule has 78 valence electrons. The number of hydrogen-bond acceptors (Lipinski definition) is 4. The van der Waals surface area contributed by atoms with Gasteiger partial charge in [0.05, 0.1) is 11.5 Å². The number of anilines is 1. The first kappa shape index (κ1) is 11.0. The lowest BCUT2D eigenvalue weighted by atomic mass is 10.2. The molecule has 0 fully saturated rings.